The quantitative estimate of drug-likeness (QED) is 0.330. The number of thiazole rings is 1. The Morgan fingerprint density at radius 1 is 1.11 bits per heavy atom. The third-order valence-electron chi connectivity index (χ3n) is 5.88. The van der Waals surface area contributed by atoms with Gasteiger partial charge in [0.2, 0.25) is 5.78 Å². The first-order valence-corrected chi connectivity index (χ1v) is 12.3. The molecule has 1 aliphatic rings. The van der Waals surface area contributed by atoms with Crippen LogP contribution in [0.25, 0.3) is 10.6 Å². The van der Waals surface area contributed by atoms with Gasteiger partial charge in [0.1, 0.15) is 10.8 Å². The van der Waals surface area contributed by atoms with Gasteiger partial charge in [0, 0.05) is 29.7 Å². The van der Waals surface area contributed by atoms with Crippen molar-refractivity contribution in [2.24, 2.45) is 0 Å². The molecule has 1 atom stereocenters. The lowest BCUT2D eigenvalue weighted by Crippen LogP contribution is -2.31. The Balaban J connectivity index is 1.61. The summed E-state index contributed by atoms with van der Waals surface area (Å²) in [6, 6.07) is 19.3. The van der Waals surface area contributed by atoms with Crippen molar-refractivity contribution in [1.82, 2.24) is 9.97 Å². The second kappa shape index (κ2) is 9.75. The zero-order chi connectivity index (χ0) is 25.2. The van der Waals surface area contributed by atoms with Crippen molar-refractivity contribution in [3.8, 4) is 16.3 Å². The summed E-state index contributed by atoms with van der Waals surface area (Å²) in [5.74, 6) is -1.09. The number of aliphatic hydroxyl groups excluding tert-OH is 1. The molecule has 2 aromatic heterocycles. The summed E-state index contributed by atoms with van der Waals surface area (Å²) >= 11 is 1.24. The number of benzene rings is 2. The van der Waals surface area contributed by atoms with Crippen LogP contribution >= 0.6 is 11.3 Å². The van der Waals surface area contributed by atoms with Gasteiger partial charge in [-0.05, 0) is 37.6 Å². The van der Waals surface area contributed by atoms with Gasteiger partial charge >= 0.3 is 0 Å². The summed E-state index contributed by atoms with van der Waals surface area (Å²) < 4.78 is 5.61. The second-order valence-corrected chi connectivity index (χ2v) is 9.18. The Morgan fingerprint density at radius 2 is 1.92 bits per heavy atom. The fraction of sp³-hybridized carbons (Fsp3) is 0.143. The molecule has 0 aliphatic carbocycles. The van der Waals surface area contributed by atoms with E-state index >= 15 is 0 Å². The minimum absolute atomic E-state index is 0.00109. The number of amides is 1. The summed E-state index contributed by atoms with van der Waals surface area (Å²) in [6.45, 7) is 4.09. The highest BCUT2D eigenvalue weighted by Gasteiger charge is 2.45. The number of hydrogen-bond acceptors (Lipinski definition) is 7. The Hall–Kier alpha value is -4.30. The van der Waals surface area contributed by atoms with Gasteiger partial charge in [-0.2, -0.15) is 0 Å². The van der Waals surface area contributed by atoms with Crippen LogP contribution in [0.4, 0.5) is 5.69 Å². The molecule has 1 unspecified atom stereocenters. The predicted octanol–water partition coefficient (Wildman–Crippen LogP) is 5.70. The Labute approximate surface area is 212 Å². The molecule has 3 heterocycles. The van der Waals surface area contributed by atoms with Gasteiger partial charge in [0.15, 0.2) is 5.76 Å². The number of Topliss-reactive ketones (excluding diaryl/α,β-unsaturated/α-hetero) is 1. The lowest BCUT2D eigenvalue weighted by Gasteiger charge is -2.27. The van der Waals surface area contributed by atoms with E-state index in [4.69, 9.17) is 4.74 Å². The molecule has 4 aromatic rings. The van der Waals surface area contributed by atoms with Gasteiger partial charge in [-0.3, -0.25) is 19.5 Å². The molecule has 36 heavy (non-hydrogen) atoms. The van der Waals surface area contributed by atoms with Crippen LogP contribution in [-0.2, 0) is 4.79 Å². The van der Waals surface area contributed by atoms with Crippen LogP contribution in [0.2, 0.25) is 0 Å². The lowest BCUT2D eigenvalue weighted by atomic mass is 9.96. The molecule has 180 valence electrons. The number of aromatic nitrogens is 2. The number of pyridine rings is 1. The van der Waals surface area contributed by atoms with Gasteiger partial charge < -0.3 is 9.84 Å². The van der Waals surface area contributed by atoms with Gasteiger partial charge in [-0.1, -0.05) is 42.5 Å². The van der Waals surface area contributed by atoms with E-state index < -0.39 is 23.5 Å². The number of hydrogen-bond donors (Lipinski definition) is 1. The summed E-state index contributed by atoms with van der Waals surface area (Å²) in [4.78, 5) is 37.9. The van der Waals surface area contributed by atoms with E-state index in [-0.39, 0.29) is 5.57 Å². The molecule has 5 rings (SSSR count). The SMILES string of the molecule is CCOc1cccc(N2C(=O)C(O)=C(C(=O)c3sc(-c4ccccc4)nc3C)C2c2cccnc2)c1. The molecule has 1 aliphatic heterocycles. The fourth-order valence-corrected chi connectivity index (χ4v) is 5.31. The molecular weight excluding hydrogens is 474 g/mol. The van der Waals surface area contributed by atoms with Crippen LogP contribution < -0.4 is 9.64 Å². The minimum atomic E-state index is -0.864. The third-order valence-corrected chi connectivity index (χ3v) is 7.09. The van der Waals surface area contributed by atoms with E-state index in [1.807, 2.05) is 37.3 Å². The number of carbonyl (C=O) groups is 2. The van der Waals surface area contributed by atoms with E-state index in [1.165, 1.54) is 16.2 Å². The molecule has 0 spiro atoms. The Kier molecular flexibility index (Phi) is 6.35. The smallest absolute Gasteiger partial charge is 0.294 e. The van der Waals surface area contributed by atoms with Crippen molar-refractivity contribution in [1.29, 1.82) is 0 Å². The van der Waals surface area contributed by atoms with Crippen molar-refractivity contribution >= 4 is 28.7 Å². The molecule has 0 saturated heterocycles. The number of ether oxygens (including phenoxy) is 1. The first-order chi connectivity index (χ1) is 17.5. The Morgan fingerprint density at radius 3 is 2.64 bits per heavy atom. The fourth-order valence-electron chi connectivity index (χ4n) is 4.28. The van der Waals surface area contributed by atoms with Crippen molar-refractivity contribution in [2.45, 2.75) is 19.9 Å². The summed E-state index contributed by atoms with van der Waals surface area (Å²) in [6.07, 6.45) is 3.21. The maximum atomic E-state index is 13.9. The number of aryl methyl sites for hydroxylation is 1. The van der Waals surface area contributed by atoms with Crippen molar-refractivity contribution < 1.29 is 19.4 Å². The number of nitrogens with zero attached hydrogens (tertiary/aromatic N) is 3. The zero-order valence-corrected chi connectivity index (χ0v) is 20.5. The molecule has 1 N–H and O–H groups in total. The summed E-state index contributed by atoms with van der Waals surface area (Å²) in [7, 11) is 0. The van der Waals surface area contributed by atoms with Crippen LogP contribution in [-0.4, -0.2) is 33.4 Å². The average molecular weight is 498 g/mol. The normalized spacial score (nSPS) is 15.4. The molecule has 8 heteroatoms. The van der Waals surface area contributed by atoms with Crippen LogP contribution in [0.15, 0.2) is 90.5 Å². The van der Waals surface area contributed by atoms with E-state index in [0.717, 1.165) is 5.56 Å². The second-order valence-electron chi connectivity index (χ2n) is 8.19. The maximum absolute atomic E-state index is 13.9. The van der Waals surface area contributed by atoms with E-state index in [9.17, 15) is 14.7 Å². The minimum Gasteiger partial charge on any atom is -0.503 e. The van der Waals surface area contributed by atoms with Crippen LogP contribution in [0.5, 0.6) is 5.75 Å². The average Bonchev–Trinajstić information content (AvgIpc) is 3.42. The van der Waals surface area contributed by atoms with E-state index in [0.29, 0.717) is 39.2 Å². The summed E-state index contributed by atoms with van der Waals surface area (Å²) in [5, 5.41) is 11.7. The van der Waals surface area contributed by atoms with Gasteiger partial charge in [0.05, 0.1) is 28.8 Å². The third kappa shape index (κ3) is 4.16. The molecule has 2 aromatic carbocycles. The van der Waals surface area contributed by atoms with Gasteiger partial charge in [-0.25, -0.2) is 4.98 Å². The first kappa shape index (κ1) is 23.4. The molecule has 7 nitrogen and oxygen atoms in total. The predicted molar refractivity (Wildman–Crippen MR) is 138 cm³/mol. The molecule has 0 bridgehead atoms. The van der Waals surface area contributed by atoms with E-state index in [1.54, 1.807) is 55.7 Å². The number of anilines is 1. The van der Waals surface area contributed by atoms with Crippen LogP contribution in [0.1, 0.15) is 33.9 Å². The lowest BCUT2D eigenvalue weighted by molar-refractivity contribution is -0.117. The summed E-state index contributed by atoms with van der Waals surface area (Å²) in [5.41, 5.74) is 2.54. The first-order valence-electron chi connectivity index (χ1n) is 11.5. The van der Waals surface area contributed by atoms with Crippen LogP contribution in [0, 0.1) is 6.92 Å². The highest BCUT2D eigenvalue weighted by molar-refractivity contribution is 7.17. The molecule has 1 amide bonds. The topological polar surface area (TPSA) is 92.6 Å². The highest BCUT2D eigenvalue weighted by atomic mass is 32.1. The number of rotatable bonds is 7. The number of carbonyl (C=O) groups excluding carboxylic acids is 2. The molecular formula is C28H23N3O4S. The zero-order valence-electron chi connectivity index (χ0n) is 19.7. The molecule has 0 radical (unpaired) electrons. The van der Waals surface area contributed by atoms with Gasteiger partial charge in [0.25, 0.3) is 5.91 Å². The monoisotopic (exact) mass is 497 g/mol. The number of aliphatic hydroxyl groups is 1. The standard InChI is InChI=1S/C28H23N3O4S/c1-3-35-21-13-7-12-20(15-21)31-23(19-11-8-14-29-16-19)22(25(33)28(31)34)24(32)26-17(2)30-27(36-26)18-9-5-4-6-10-18/h4-16,23,33H,3H2,1-2H3. The van der Waals surface area contributed by atoms with E-state index in [2.05, 4.69) is 9.97 Å². The van der Waals surface area contributed by atoms with Crippen molar-refractivity contribution in [3.05, 3.63) is 107 Å². The number of ketones is 1. The highest BCUT2D eigenvalue weighted by Crippen LogP contribution is 2.43. The van der Waals surface area contributed by atoms with Gasteiger partial charge in [-0.15, -0.1) is 11.3 Å². The largest absolute Gasteiger partial charge is 0.503 e. The van der Waals surface area contributed by atoms with Crippen molar-refractivity contribution in [2.75, 3.05) is 11.5 Å². The van der Waals surface area contributed by atoms with Crippen LogP contribution in [0.3, 0.4) is 0 Å². The maximum Gasteiger partial charge on any atom is 0.294 e. The Bertz CT molecular complexity index is 1460. The van der Waals surface area contributed by atoms with Crippen molar-refractivity contribution in [3.63, 3.8) is 0 Å². The molecule has 0 saturated carbocycles. The molecule has 0 fully saturated rings.